The molecule has 1 unspecified atom stereocenters. The molecule has 1 aromatic heterocycles. The largest absolute Gasteiger partial charge is 0.281 e. The van der Waals surface area contributed by atoms with Crippen molar-refractivity contribution < 1.29 is 8.42 Å². The zero-order valence-corrected chi connectivity index (χ0v) is 9.08. The van der Waals surface area contributed by atoms with Crippen molar-refractivity contribution in [1.82, 2.24) is 14.9 Å². The second-order valence-electron chi connectivity index (χ2n) is 2.97. The molecule has 0 saturated carbocycles. The predicted octanol–water partition coefficient (Wildman–Crippen LogP) is 0.131. The number of hydrogen-bond acceptors (Lipinski definition) is 4. The van der Waals surface area contributed by atoms with Crippen LogP contribution < -0.4 is 4.72 Å². The van der Waals surface area contributed by atoms with Crippen molar-refractivity contribution >= 4 is 10.0 Å². The minimum atomic E-state index is -3.56. The van der Waals surface area contributed by atoms with Crippen molar-refractivity contribution in [2.75, 3.05) is 0 Å². The van der Waals surface area contributed by atoms with Gasteiger partial charge in [-0.25, -0.2) is 13.1 Å². The lowest BCUT2D eigenvalue weighted by Crippen LogP contribution is -2.32. The third-order valence-corrected chi connectivity index (χ3v) is 3.65. The second kappa shape index (κ2) is 4.91. The van der Waals surface area contributed by atoms with E-state index in [0.717, 1.165) is 0 Å². The van der Waals surface area contributed by atoms with Gasteiger partial charge in [0.15, 0.2) is 5.25 Å². The highest BCUT2D eigenvalue weighted by Gasteiger charge is 2.22. The third-order valence-electron chi connectivity index (χ3n) is 1.91. The average molecular weight is 228 g/mol. The Labute approximate surface area is 88.4 Å². The molecule has 0 amide bonds. The molecule has 6 nitrogen and oxygen atoms in total. The fourth-order valence-corrected chi connectivity index (χ4v) is 2.18. The van der Waals surface area contributed by atoms with E-state index in [-0.39, 0.29) is 13.0 Å². The number of rotatable bonds is 5. The number of nitrogens with one attached hydrogen (secondary N) is 2. The van der Waals surface area contributed by atoms with Crippen molar-refractivity contribution in [2.45, 2.75) is 25.1 Å². The smallest absolute Gasteiger partial charge is 0.228 e. The third kappa shape index (κ3) is 3.04. The summed E-state index contributed by atoms with van der Waals surface area (Å²) in [6, 6.07) is 3.41. The highest BCUT2D eigenvalue weighted by Crippen LogP contribution is 2.03. The summed E-state index contributed by atoms with van der Waals surface area (Å²) >= 11 is 0. The van der Waals surface area contributed by atoms with E-state index in [9.17, 15) is 8.42 Å². The molecule has 0 fully saturated rings. The molecule has 0 aliphatic rings. The van der Waals surface area contributed by atoms with Gasteiger partial charge in [0.2, 0.25) is 10.0 Å². The molecule has 15 heavy (non-hydrogen) atoms. The number of sulfonamides is 1. The molecule has 7 heteroatoms. The molecule has 0 spiro atoms. The van der Waals surface area contributed by atoms with Crippen molar-refractivity contribution in [2.24, 2.45) is 0 Å². The van der Waals surface area contributed by atoms with Crippen LogP contribution in [0.1, 0.15) is 19.0 Å². The molecule has 0 aliphatic heterocycles. The van der Waals surface area contributed by atoms with Gasteiger partial charge in [-0.2, -0.15) is 10.4 Å². The monoisotopic (exact) mass is 228 g/mol. The quantitative estimate of drug-likeness (QED) is 0.748. The summed E-state index contributed by atoms with van der Waals surface area (Å²) in [5.74, 6) is 0. The van der Waals surface area contributed by atoms with Gasteiger partial charge in [-0.05, 0) is 12.5 Å². The Morgan fingerprint density at radius 2 is 2.47 bits per heavy atom. The number of nitriles is 1. The minimum absolute atomic E-state index is 0.126. The lowest BCUT2D eigenvalue weighted by atomic mass is 10.4. The summed E-state index contributed by atoms with van der Waals surface area (Å²) in [7, 11) is -3.56. The highest BCUT2D eigenvalue weighted by atomic mass is 32.2. The van der Waals surface area contributed by atoms with E-state index < -0.39 is 15.3 Å². The maximum absolute atomic E-state index is 11.5. The van der Waals surface area contributed by atoms with Crippen LogP contribution in [0.3, 0.4) is 0 Å². The van der Waals surface area contributed by atoms with E-state index in [1.807, 2.05) is 0 Å². The van der Waals surface area contributed by atoms with Crippen LogP contribution in [0.4, 0.5) is 0 Å². The summed E-state index contributed by atoms with van der Waals surface area (Å²) in [5, 5.41) is 13.9. The molecule has 1 aromatic rings. The van der Waals surface area contributed by atoms with Gasteiger partial charge in [0, 0.05) is 6.20 Å². The summed E-state index contributed by atoms with van der Waals surface area (Å²) in [6.45, 7) is 1.78. The van der Waals surface area contributed by atoms with Gasteiger partial charge in [-0.1, -0.05) is 6.92 Å². The zero-order chi connectivity index (χ0) is 11.3. The number of aromatic nitrogens is 2. The summed E-state index contributed by atoms with van der Waals surface area (Å²) in [4.78, 5) is 0. The molecular formula is C8H12N4O2S. The average Bonchev–Trinajstić information content (AvgIpc) is 2.69. The predicted molar refractivity (Wildman–Crippen MR) is 54.0 cm³/mol. The van der Waals surface area contributed by atoms with Crippen LogP contribution in [0, 0.1) is 11.3 Å². The second-order valence-corrected chi connectivity index (χ2v) is 4.92. The molecule has 0 saturated heterocycles. The Balaban J connectivity index is 2.62. The van der Waals surface area contributed by atoms with Gasteiger partial charge in [0.25, 0.3) is 0 Å². The number of hydrogen-bond donors (Lipinski definition) is 2. The number of nitrogens with zero attached hydrogens (tertiary/aromatic N) is 2. The topological polar surface area (TPSA) is 98.6 Å². The van der Waals surface area contributed by atoms with Crippen molar-refractivity contribution in [3.8, 4) is 6.07 Å². The van der Waals surface area contributed by atoms with Gasteiger partial charge in [0.1, 0.15) is 0 Å². The van der Waals surface area contributed by atoms with Crippen LogP contribution in [0.15, 0.2) is 12.3 Å². The Kier molecular flexibility index (Phi) is 3.82. The first-order valence-electron chi connectivity index (χ1n) is 4.46. The molecule has 0 bridgehead atoms. The van der Waals surface area contributed by atoms with E-state index in [1.165, 1.54) is 6.20 Å². The molecule has 82 valence electrons. The van der Waals surface area contributed by atoms with Crippen LogP contribution in [0.25, 0.3) is 0 Å². The Morgan fingerprint density at radius 3 is 2.93 bits per heavy atom. The van der Waals surface area contributed by atoms with E-state index in [4.69, 9.17) is 5.26 Å². The van der Waals surface area contributed by atoms with Crippen LogP contribution in [0.5, 0.6) is 0 Å². The first kappa shape index (κ1) is 11.7. The lowest BCUT2D eigenvalue weighted by Gasteiger charge is -2.08. The van der Waals surface area contributed by atoms with E-state index in [0.29, 0.717) is 5.69 Å². The normalized spacial score (nSPS) is 13.3. The lowest BCUT2D eigenvalue weighted by molar-refractivity contribution is 0.571. The molecule has 0 aliphatic carbocycles. The standard InChI is InChI=1S/C8H12N4O2S/c1-2-8(5-9)15(13,14)11-6-7-3-4-10-12-7/h3-4,8,11H,2,6H2,1H3,(H,10,12). The zero-order valence-electron chi connectivity index (χ0n) is 8.27. The van der Waals surface area contributed by atoms with E-state index >= 15 is 0 Å². The van der Waals surface area contributed by atoms with Crippen molar-refractivity contribution in [1.29, 1.82) is 5.26 Å². The Bertz CT molecular complexity index is 432. The molecule has 1 heterocycles. The summed E-state index contributed by atoms with van der Waals surface area (Å²) in [5.41, 5.74) is 0.659. The van der Waals surface area contributed by atoms with Crippen molar-refractivity contribution in [3.63, 3.8) is 0 Å². The Hall–Kier alpha value is -1.39. The maximum Gasteiger partial charge on any atom is 0.228 e. The van der Waals surface area contributed by atoms with E-state index in [2.05, 4.69) is 14.9 Å². The molecule has 1 rings (SSSR count). The van der Waals surface area contributed by atoms with Crippen LogP contribution in [-0.4, -0.2) is 23.9 Å². The molecule has 1 atom stereocenters. The summed E-state index contributed by atoms with van der Waals surface area (Å²) in [6.07, 6.45) is 1.81. The van der Waals surface area contributed by atoms with Gasteiger partial charge in [-0.15, -0.1) is 0 Å². The molecular weight excluding hydrogens is 216 g/mol. The fourth-order valence-electron chi connectivity index (χ4n) is 1.04. The first-order valence-corrected chi connectivity index (χ1v) is 6.01. The molecule has 0 aromatic carbocycles. The van der Waals surface area contributed by atoms with Crippen LogP contribution >= 0.6 is 0 Å². The van der Waals surface area contributed by atoms with Crippen LogP contribution in [0.2, 0.25) is 0 Å². The maximum atomic E-state index is 11.5. The first-order chi connectivity index (χ1) is 7.10. The van der Waals surface area contributed by atoms with Gasteiger partial charge in [0.05, 0.1) is 18.3 Å². The molecule has 2 N–H and O–H groups in total. The van der Waals surface area contributed by atoms with Gasteiger partial charge in [-0.3, -0.25) is 5.10 Å². The van der Waals surface area contributed by atoms with E-state index in [1.54, 1.807) is 19.1 Å². The van der Waals surface area contributed by atoms with Gasteiger partial charge < -0.3 is 0 Å². The van der Waals surface area contributed by atoms with Crippen molar-refractivity contribution in [3.05, 3.63) is 18.0 Å². The Morgan fingerprint density at radius 1 is 1.73 bits per heavy atom. The van der Waals surface area contributed by atoms with Gasteiger partial charge >= 0.3 is 0 Å². The minimum Gasteiger partial charge on any atom is -0.281 e. The highest BCUT2D eigenvalue weighted by molar-refractivity contribution is 7.90. The summed E-state index contributed by atoms with van der Waals surface area (Å²) < 4.78 is 25.4. The fraction of sp³-hybridized carbons (Fsp3) is 0.500. The number of aromatic amines is 1. The van der Waals surface area contributed by atoms with Crippen LogP contribution in [-0.2, 0) is 16.6 Å². The molecule has 0 radical (unpaired) electrons. The SMILES string of the molecule is CCC(C#N)S(=O)(=O)NCc1ccn[nH]1. The number of H-pyrrole nitrogens is 1.